The first-order valence-electron chi connectivity index (χ1n) is 7.46. The molecule has 0 saturated carbocycles. The number of hydrogen-bond donors (Lipinski definition) is 2. The van der Waals surface area contributed by atoms with E-state index in [0.29, 0.717) is 22.0 Å². The lowest BCUT2D eigenvalue weighted by Crippen LogP contribution is -2.21. The van der Waals surface area contributed by atoms with E-state index in [1.165, 1.54) is 19.9 Å². The minimum absolute atomic E-state index is 0.148. The molecule has 0 heterocycles. The Hall–Kier alpha value is -2.86. The molecule has 0 saturated heterocycles. The Balaban J connectivity index is 2.07. The average molecular weight is 361 g/mol. The van der Waals surface area contributed by atoms with Gasteiger partial charge in [0.15, 0.2) is 12.4 Å². The van der Waals surface area contributed by atoms with Gasteiger partial charge in [0.1, 0.15) is 5.75 Å². The van der Waals surface area contributed by atoms with Gasteiger partial charge < -0.3 is 15.4 Å². The van der Waals surface area contributed by atoms with E-state index in [4.69, 9.17) is 16.3 Å². The number of hydrogen-bond acceptors (Lipinski definition) is 4. The minimum Gasteiger partial charge on any atom is -0.482 e. The zero-order valence-corrected chi connectivity index (χ0v) is 14.5. The SMILES string of the molecule is CC(=O)Nc1ccc(C(C)=O)cc1OCC(=O)Nc1ccc(Cl)cc1. The number of Topliss-reactive ketones (excluding diaryl/α,β-unsaturated/α-hetero) is 1. The van der Waals surface area contributed by atoms with Crippen LogP contribution < -0.4 is 15.4 Å². The number of benzene rings is 2. The molecule has 0 aromatic heterocycles. The molecular formula is C18H17ClN2O4. The number of nitrogens with one attached hydrogen (secondary N) is 2. The first kappa shape index (κ1) is 18.5. The third-order valence-corrected chi connectivity index (χ3v) is 3.44. The molecule has 25 heavy (non-hydrogen) atoms. The molecule has 2 aromatic carbocycles. The molecule has 2 amide bonds. The second kappa shape index (κ2) is 8.30. The maximum atomic E-state index is 12.0. The monoisotopic (exact) mass is 360 g/mol. The van der Waals surface area contributed by atoms with E-state index in [1.807, 2.05) is 0 Å². The van der Waals surface area contributed by atoms with Gasteiger partial charge in [0.2, 0.25) is 5.91 Å². The maximum absolute atomic E-state index is 12.0. The quantitative estimate of drug-likeness (QED) is 0.772. The third-order valence-electron chi connectivity index (χ3n) is 3.19. The average Bonchev–Trinajstić information content (AvgIpc) is 2.55. The van der Waals surface area contributed by atoms with Crippen LogP contribution in [-0.2, 0) is 9.59 Å². The van der Waals surface area contributed by atoms with E-state index in [1.54, 1.807) is 36.4 Å². The second-order valence-electron chi connectivity index (χ2n) is 5.29. The van der Waals surface area contributed by atoms with Crippen LogP contribution in [0.1, 0.15) is 24.2 Å². The van der Waals surface area contributed by atoms with Gasteiger partial charge in [0, 0.05) is 23.2 Å². The van der Waals surface area contributed by atoms with Crippen molar-refractivity contribution >= 4 is 40.6 Å². The summed E-state index contributed by atoms with van der Waals surface area (Å²) >= 11 is 5.79. The van der Waals surface area contributed by atoms with Crippen molar-refractivity contribution in [1.82, 2.24) is 0 Å². The van der Waals surface area contributed by atoms with Gasteiger partial charge in [0.05, 0.1) is 5.69 Å². The molecule has 0 spiro atoms. The summed E-state index contributed by atoms with van der Waals surface area (Å²) < 4.78 is 5.48. The van der Waals surface area contributed by atoms with Crippen LogP contribution in [0.25, 0.3) is 0 Å². The standard InChI is InChI=1S/C18H17ClN2O4/c1-11(22)13-3-8-16(20-12(2)23)17(9-13)25-10-18(24)21-15-6-4-14(19)5-7-15/h3-9H,10H2,1-2H3,(H,20,23)(H,21,24). The fraction of sp³-hybridized carbons (Fsp3) is 0.167. The van der Waals surface area contributed by atoms with Gasteiger partial charge in [-0.05, 0) is 49.4 Å². The molecule has 6 nitrogen and oxygen atoms in total. The Bertz CT molecular complexity index is 803. The van der Waals surface area contributed by atoms with E-state index in [9.17, 15) is 14.4 Å². The van der Waals surface area contributed by atoms with Gasteiger partial charge in [-0.2, -0.15) is 0 Å². The zero-order valence-electron chi connectivity index (χ0n) is 13.8. The molecule has 0 aliphatic carbocycles. The van der Waals surface area contributed by atoms with E-state index >= 15 is 0 Å². The van der Waals surface area contributed by atoms with E-state index in [-0.39, 0.29) is 30.0 Å². The fourth-order valence-corrected chi connectivity index (χ4v) is 2.15. The molecule has 0 fully saturated rings. The normalized spacial score (nSPS) is 10.0. The summed E-state index contributed by atoms with van der Waals surface area (Å²) in [5.41, 5.74) is 1.39. The summed E-state index contributed by atoms with van der Waals surface area (Å²) in [6.07, 6.45) is 0. The topological polar surface area (TPSA) is 84.5 Å². The van der Waals surface area contributed by atoms with Crippen LogP contribution in [0, 0.1) is 0 Å². The van der Waals surface area contributed by atoms with E-state index in [2.05, 4.69) is 10.6 Å². The third kappa shape index (κ3) is 5.61. The maximum Gasteiger partial charge on any atom is 0.262 e. The number of carbonyl (C=O) groups excluding carboxylic acids is 3. The molecule has 0 atom stereocenters. The van der Waals surface area contributed by atoms with Crippen molar-refractivity contribution in [3.8, 4) is 5.75 Å². The molecule has 2 rings (SSSR count). The highest BCUT2D eigenvalue weighted by molar-refractivity contribution is 6.30. The van der Waals surface area contributed by atoms with Crippen molar-refractivity contribution in [3.63, 3.8) is 0 Å². The predicted octanol–water partition coefficient (Wildman–Crippen LogP) is 3.52. The van der Waals surface area contributed by atoms with Gasteiger partial charge >= 0.3 is 0 Å². The summed E-state index contributed by atoms with van der Waals surface area (Å²) in [4.78, 5) is 34.8. The largest absolute Gasteiger partial charge is 0.482 e. The van der Waals surface area contributed by atoms with E-state index in [0.717, 1.165) is 0 Å². The molecule has 2 N–H and O–H groups in total. The minimum atomic E-state index is -0.385. The van der Waals surface area contributed by atoms with Crippen LogP contribution in [0.2, 0.25) is 5.02 Å². The lowest BCUT2D eigenvalue weighted by molar-refractivity contribution is -0.118. The summed E-state index contributed by atoms with van der Waals surface area (Å²) in [6, 6.07) is 11.3. The molecule has 2 aromatic rings. The summed E-state index contributed by atoms with van der Waals surface area (Å²) in [5, 5.41) is 5.82. The van der Waals surface area contributed by atoms with Crippen molar-refractivity contribution < 1.29 is 19.1 Å². The molecule has 7 heteroatoms. The van der Waals surface area contributed by atoms with Crippen molar-refractivity contribution in [3.05, 3.63) is 53.1 Å². The molecule has 0 radical (unpaired) electrons. The van der Waals surface area contributed by atoms with Crippen LogP contribution in [-0.4, -0.2) is 24.2 Å². The summed E-state index contributed by atoms with van der Waals surface area (Å²) in [6.45, 7) is 2.50. The fourth-order valence-electron chi connectivity index (χ4n) is 2.03. The van der Waals surface area contributed by atoms with Crippen molar-refractivity contribution in [1.29, 1.82) is 0 Å². The molecule has 0 aliphatic heterocycles. The van der Waals surface area contributed by atoms with Gasteiger partial charge in [-0.25, -0.2) is 0 Å². The smallest absolute Gasteiger partial charge is 0.262 e. The van der Waals surface area contributed by atoms with Crippen LogP contribution >= 0.6 is 11.6 Å². The van der Waals surface area contributed by atoms with Crippen molar-refractivity contribution in [2.45, 2.75) is 13.8 Å². The Morgan fingerprint density at radius 3 is 2.28 bits per heavy atom. The highest BCUT2D eigenvalue weighted by atomic mass is 35.5. The molecule has 0 aliphatic rings. The molecule has 0 bridgehead atoms. The second-order valence-corrected chi connectivity index (χ2v) is 5.73. The molecule has 0 unspecified atom stereocenters. The van der Waals surface area contributed by atoms with Gasteiger partial charge in [-0.1, -0.05) is 11.6 Å². The Kier molecular flexibility index (Phi) is 6.14. The molecular weight excluding hydrogens is 344 g/mol. The lowest BCUT2D eigenvalue weighted by atomic mass is 10.1. The summed E-state index contributed by atoms with van der Waals surface area (Å²) in [7, 11) is 0. The predicted molar refractivity (Wildman–Crippen MR) is 96.3 cm³/mol. The van der Waals surface area contributed by atoms with Gasteiger partial charge in [-0.3, -0.25) is 14.4 Å². The van der Waals surface area contributed by atoms with Gasteiger partial charge in [0.25, 0.3) is 5.91 Å². The van der Waals surface area contributed by atoms with E-state index < -0.39 is 0 Å². The lowest BCUT2D eigenvalue weighted by Gasteiger charge is -2.13. The van der Waals surface area contributed by atoms with Gasteiger partial charge in [-0.15, -0.1) is 0 Å². The van der Waals surface area contributed by atoms with Crippen molar-refractivity contribution in [2.75, 3.05) is 17.2 Å². The number of anilines is 2. The van der Waals surface area contributed by atoms with Crippen molar-refractivity contribution in [2.24, 2.45) is 0 Å². The molecule has 130 valence electrons. The first-order valence-corrected chi connectivity index (χ1v) is 7.84. The summed E-state index contributed by atoms with van der Waals surface area (Å²) in [5.74, 6) is -0.575. The van der Waals surface area contributed by atoms with Crippen LogP contribution in [0.3, 0.4) is 0 Å². The Morgan fingerprint density at radius 1 is 1.00 bits per heavy atom. The number of amides is 2. The van der Waals surface area contributed by atoms with Crippen LogP contribution in [0.15, 0.2) is 42.5 Å². The Labute approximate surface area is 150 Å². The number of ketones is 1. The number of carbonyl (C=O) groups is 3. The van der Waals surface area contributed by atoms with Crippen LogP contribution in [0.4, 0.5) is 11.4 Å². The van der Waals surface area contributed by atoms with Crippen LogP contribution in [0.5, 0.6) is 5.75 Å². The number of ether oxygens (including phenoxy) is 1. The number of rotatable bonds is 6. The zero-order chi connectivity index (χ0) is 18.4. The Morgan fingerprint density at radius 2 is 1.68 bits per heavy atom. The highest BCUT2D eigenvalue weighted by Gasteiger charge is 2.11. The highest BCUT2D eigenvalue weighted by Crippen LogP contribution is 2.26. The first-order chi connectivity index (χ1) is 11.8. The number of halogens is 1.